The van der Waals surface area contributed by atoms with Crippen molar-refractivity contribution in [1.29, 1.82) is 0 Å². The van der Waals surface area contributed by atoms with Crippen LogP contribution in [0.15, 0.2) is 16.7 Å². The number of anilines is 1. The summed E-state index contributed by atoms with van der Waals surface area (Å²) in [4.78, 5) is 22.0. The van der Waals surface area contributed by atoms with E-state index in [0.29, 0.717) is 5.56 Å². The number of aliphatic carboxylic acids is 1. The lowest BCUT2D eigenvalue weighted by Gasteiger charge is -2.19. The van der Waals surface area contributed by atoms with Gasteiger partial charge in [0.25, 0.3) is 0 Å². The molecule has 0 fully saturated rings. The van der Waals surface area contributed by atoms with Crippen molar-refractivity contribution >= 4 is 17.9 Å². The average Bonchev–Trinajstić information content (AvgIpc) is 2.47. The third-order valence-electron chi connectivity index (χ3n) is 1.70. The molecule has 0 unspecified atom stereocenters. The van der Waals surface area contributed by atoms with Crippen LogP contribution in [0, 0.1) is 0 Å². The molecule has 1 aromatic heterocycles. The second-order valence-corrected chi connectivity index (χ2v) is 4.47. The minimum Gasteiger partial charge on any atom is -0.481 e. The Bertz CT molecular complexity index is 416. The van der Waals surface area contributed by atoms with E-state index in [1.807, 2.05) is 0 Å². The summed E-state index contributed by atoms with van der Waals surface area (Å²) in [6.07, 6.45) is 0.408. The fraction of sp³-hybridized carbons (Fsp3) is 0.455. The van der Waals surface area contributed by atoms with Crippen molar-refractivity contribution in [2.75, 3.05) is 5.32 Å². The van der Waals surface area contributed by atoms with E-state index in [-0.39, 0.29) is 12.3 Å². The van der Waals surface area contributed by atoms with Crippen molar-refractivity contribution in [1.82, 2.24) is 0 Å². The summed E-state index contributed by atoms with van der Waals surface area (Å²) in [6, 6.07) is 1.49. The predicted molar refractivity (Wildman–Crippen MR) is 59.9 cm³/mol. The van der Waals surface area contributed by atoms with Gasteiger partial charge >= 0.3 is 12.1 Å². The highest BCUT2D eigenvalue weighted by Crippen LogP contribution is 2.18. The van der Waals surface area contributed by atoms with E-state index in [0.717, 1.165) is 0 Å². The van der Waals surface area contributed by atoms with Crippen LogP contribution < -0.4 is 5.32 Å². The van der Waals surface area contributed by atoms with Gasteiger partial charge in [-0.2, -0.15) is 0 Å². The maximum atomic E-state index is 11.4. The van der Waals surface area contributed by atoms with Crippen LogP contribution in [0.3, 0.4) is 0 Å². The molecular weight excluding hydrogens is 226 g/mol. The topological polar surface area (TPSA) is 88.8 Å². The van der Waals surface area contributed by atoms with Crippen LogP contribution in [0.25, 0.3) is 0 Å². The molecule has 0 aliphatic heterocycles. The average molecular weight is 241 g/mol. The van der Waals surface area contributed by atoms with E-state index in [4.69, 9.17) is 14.3 Å². The van der Waals surface area contributed by atoms with Gasteiger partial charge in [-0.1, -0.05) is 0 Å². The summed E-state index contributed by atoms with van der Waals surface area (Å²) >= 11 is 0. The Morgan fingerprint density at radius 1 is 1.47 bits per heavy atom. The van der Waals surface area contributed by atoms with Crippen molar-refractivity contribution in [2.45, 2.75) is 32.8 Å². The minimum absolute atomic E-state index is 0.0988. The maximum absolute atomic E-state index is 11.4. The maximum Gasteiger partial charge on any atom is 0.414 e. The molecule has 1 heterocycles. The van der Waals surface area contributed by atoms with Crippen LogP contribution in [0.4, 0.5) is 10.7 Å². The van der Waals surface area contributed by atoms with E-state index >= 15 is 0 Å². The number of carboxylic acid groups (broad SMARTS) is 1. The van der Waals surface area contributed by atoms with Gasteiger partial charge in [-0.15, -0.1) is 0 Å². The van der Waals surface area contributed by atoms with Crippen LogP contribution in [0.5, 0.6) is 0 Å². The van der Waals surface area contributed by atoms with Gasteiger partial charge in [0.2, 0.25) is 5.88 Å². The van der Waals surface area contributed by atoms with Gasteiger partial charge in [0.05, 0.1) is 12.7 Å². The van der Waals surface area contributed by atoms with Gasteiger partial charge in [-0.05, 0) is 26.8 Å². The van der Waals surface area contributed by atoms with Crippen molar-refractivity contribution in [3.63, 3.8) is 0 Å². The lowest BCUT2D eigenvalue weighted by molar-refractivity contribution is -0.136. The third-order valence-corrected chi connectivity index (χ3v) is 1.70. The number of carboxylic acids is 1. The summed E-state index contributed by atoms with van der Waals surface area (Å²) in [6.45, 7) is 5.19. The molecule has 6 heteroatoms. The Balaban J connectivity index is 2.65. The number of hydrogen-bond acceptors (Lipinski definition) is 4. The molecule has 1 rings (SSSR count). The van der Waals surface area contributed by atoms with E-state index in [9.17, 15) is 9.59 Å². The molecule has 0 atom stereocenters. The molecule has 0 spiro atoms. The Morgan fingerprint density at radius 3 is 2.65 bits per heavy atom. The lowest BCUT2D eigenvalue weighted by Crippen LogP contribution is -2.27. The standard InChI is InChI=1S/C11H15NO5/c1-11(2,3)17-10(15)12-9-7(4-5-16-9)6-8(13)14/h4-5H,6H2,1-3H3,(H,12,15)(H,13,14). The molecule has 0 saturated carbocycles. The van der Waals surface area contributed by atoms with E-state index in [1.165, 1.54) is 12.3 Å². The molecule has 1 amide bonds. The zero-order valence-corrected chi connectivity index (χ0v) is 9.94. The van der Waals surface area contributed by atoms with Gasteiger partial charge in [0.15, 0.2) is 0 Å². The highest BCUT2D eigenvalue weighted by Gasteiger charge is 2.19. The smallest absolute Gasteiger partial charge is 0.414 e. The molecule has 0 bridgehead atoms. The zero-order valence-electron chi connectivity index (χ0n) is 9.94. The molecule has 1 aromatic rings. The van der Waals surface area contributed by atoms with Crippen LogP contribution >= 0.6 is 0 Å². The summed E-state index contributed by atoms with van der Waals surface area (Å²) in [5.41, 5.74) is -0.229. The van der Waals surface area contributed by atoms with E-state index in [2.05, 4.69) is 5.32 Å². The van der Waals surface area contributed by atoms with Crippen LogP contribution in [-0.2, 0) is 16.0 Å². The summed E-state index contributed by atoms with van der Waals surface area (Å²) < 4.78 is 9.99. The van der Waals surface area contributed by atoms with Crippen LogP contribution in [-0.4, -0.2) is 22.8 Å². The molecule has 17 heavy (non-hydrogen) atoms. The van der Waals surface area contributed by atoms with Gasteiger partial charge < -0.3 is 14.3 Å². The number of rotatable bonds is 3. The highest BCUT2D eigenvalue weighted by atomic mass is 16.6. The first kappa shape index (κ1) is 13.1. The van der Waals surface area contributed by atoms with E-state index in [1.54, 1.807) is 20.8 Å². The second kappa shape index (κ2) is 4.90. The van der Waals surface area contributed by atoms with Crippen molar-refractivity contribution in [3.8, 4) is 0 Å². The lowest BCUT2D eigenvalue weighted by atomic mass is 10.2. The number of carbonyl (C=O) groups excluding carboxylic acids is 1. The number of hydrogen-bond donors (Lipinski definition) is 2. The fourth-order valence-electron chi connectivity index (χ4n) is 1.14. The number of furan rings is 1. The number of nitrogens with one attached hydrogen (secondary N) is 1. The van der Waals surface area contributed by atoms with Gasteiger partial charge in [-0.25, -0.2) is 4.79 Å². The van der Waals surface area contributed by atoms with E-state index < -0.39 is 17.7 Å². The van der Waals surface area contributed by atoms with Gasteiger partial charge in [0, 0.05) is 5.56 Å². The molecule has 0 saturated heterocycles. The second-order valence-electron chi connectivity index (χ2n) is 4.47. The number of ether oxygens (including phenoxy) is 1. The molecule has 0 aliphatic carbocycles. The van der Waals surface area contributed by atoms with Crippen LogP contribution in [0.2, 0.25) is 0 Å². The Hall–Kier alpha value is -1.98. The van der Waals surface area contributed by atoms with Crippen molar-refractivity contribution in [2.24, 2.45) is 0 Å². The zero-order chi connectivity index (χ0) is 13.1. The first-order valence-electron chi connectivity index (χ1n) is 5.06. The summed E-state index contributed by atoms with van der Waals surface area (Å²) in [7, 11) is 0. The summed E-state index contributed by atoms with van der Waals surface area (Å²) in [5, 5.41) is 11.0. The van der Waals surface area contributed by atoms with Crippen LogP contribution in [0.1, 0.15) is 26.3 Å². The largest absolute Gasteiger partial charge is 0.481 e. The Morgan fingerprint density at radius 2 is 2.12 bits per heavy atom. The molecule has 6 nitrogen and oxygen atoms in total. The molecule has 0 radical (unpaired) electrons. The van der Waals surface area contributed by atoms with Gasteiger partial charge in [-0.3, -0.25) is 10.1 Å². The monoisotopic (exact) mass is 241 g/mol. The molecule has 94 valence electrons. The number of amides is 1. The third kappa shape index (κ3) is 4.58. The SMILES string of the molecule is CC(C)(C)OC(=O)Nc1occc1CC(=O)O. The first-order valence-corrected chi connectivity index (χ1v) is 5.06. The van der Waals surface area contributed by atoms with Crippen molar-refractivity contribution < 1.29 is 23.8 Å². The normalized spacial score (nSPS) is 11.0. The molecular formula is C11H15NO5. The quantitative estimate of drug-likeness (QED) is 0.847. The minimum atomic E-state index is -1.00. The highest BCUT2D eigenvalue weighted by molar-refractivity contribution is 5.85. The molecule has 2 N–H and O–H groups in total. The summed E-state index contributed by atoms with van der Waals surface area (Å²) in [5.74, 6) is -0.903. The van der Waals surface area contributed by atoms with Crippen molar-refractivity contribution in [3.05, 3.63) is 17.9 Å². The Labute approximate surface area is 98.6 Å². The number of carbonyl (C=O) groups is 2. The molecule has 0 aliphatic rings. The Kier molecular flexibility index (Phi) is 3.77. The predicted octanol–water partition coefficient (Wildman–Crippen LogP) is 2.25. The molecule has 0 aromatic carbocycles. The van der Waals surface area contributed by atoms with Gasteiger partial charge in [0.1, 0.15) is 5.60 Å². The fourth-order valence-corrected chi connectivity index (χ4v) is 1.14. The first-order chi connectivity index (χ1) is 7.78.